The van der Waals surface area contributed by atoms with Gasteiger partial charge < -0.3 is 20.9 Å². The molecule has 6 heteroatoms. The Bertz CT molecular complexity index is 473. The third kappa shape index (κ3) is 3.68. The third-order valence-corrected chi connectivity index (χ3v) is 3.95. The number of carbonyl (C=O) groups is 1. The van der Waals surface area contributed by atoms with Gasteiger partial charge in [0.05, 0.1) is 5.60 Å². The summed E-state index contributed by atoms with van der Waals surface area (Å²) in [5, 5.41) is 13.0. The van der Waals surface area contributed by atoms with Gasteiger partial charge >= 0.3 is 0 Å². The van der Waals surface area contributed by atoms with Crippen molar-refractivity contribution >= 4 is 27.5 Å². The second kappa shape index (κ2) is 5.90. The van der Waals surface area contributed by atoms with E-state index in [0.717, 1.165) is 0 Å². The van der Waals surface area contributed by atoms with Crippen LogP contribution in [-0.2, 0) is 4.74 Å². The number of amides is 1. The van der Waals surface area contributed by atoms with E-state index in [9.17, 15) is 9.90 Å². The van der Waals surface area contributed by atoms with Crippen molar-refractivity contribution in [3.05, 3.63) is 28.2 Å². The smallest absolute Gasteiger partial charge is 0.251 e. The summed E-state index contributed by atoms with van der Waals surface area (Å²) in [6.07, 6.45) is 1.08. The number of nitrogens with one attached hydrogen (secondary N) is 1. The van der Waals surface area contributed by atoms with Gasteiger partial charge in [0.2, 0.25) is 0 Å². The van der Waals surface area contributed by atoms with E-state index < -0.39 is 5.60 Å². The number of halogens is 1. The number of aliphatic hydroxyl groups is 1. The molecular weight excluding hydrogens is 312 g/mol. The Morgan fingerprint density at radius 3 is 2.79 bits per heavy atom. The minimum Gasteiger partial charge on any atom is -0.398 e. The van der Waals surface area contributed by atoms with Crippen molar-refractivity contribution < 1.29 is 14.6 Å². The SMILES string of the molecule is Nc1ccc(C(=O)NCC2(O)CCOCC2)cc1Br. The van der Waals surface area contributed by atoms with Crippen LogP contribution in [-0.4, -0.2) is 36.4 Å². The van der Waals surface area contributed by atoms with Crippen LogP contribution < -0.4 is 11.1 Å². The zero-order valence-electron chi connectivity index (χ0n) is 10.5. The van der Waals surface area contributed by atoms with Crippen molar-refractivity contribution in [2.24, 2.45) is 0 Å². The molecule has 1 aliphatic rings. The molecule has 0 aromatic heterocycles. The lowest BCUT2D eigenvalue weighted by Crippen LogP contribution is -2.46. The van der Waals surface area contributed by atoms with E-state index in [1.165, 1.54) is 0 Å². The van der Waals surface area contributed by atoms with Crippen molar-refractivity contribution in [2.75, 3.05) is 25.5 Å². The fourth-order valence-corrected chi connectivity index (χ4v) is 2.32. The van der Waals surface area contributed by atoms with Gasteiger partial charge in [0, 0.05) is 48.3 Å². The Morgan fingerprint density at radius 1 is 1.47 bits per heavy atom. The molecule has 0 radical (unpaired) electrons. The zero-order chi connectivity index (χ0) is 13.9. The number of ether oxygens (including phenoxy) is 1. The monoisotopic (exact) mass is 328 g/mol. The number of hydrogen-bond donors (Lipinski definition) is 3. The van der Waals surface area contributed by atoms with E-state index in [2.05, 4.69) is 21.2 Å². The standard InChI is InChI=1S/C13H17BrN2O3/c14-10-7-9(1-2-11(10)15)12(17)16-8-13(18)3-5-19-6-4-13/h1-2,7,18H,3-6,8,15H2,(H,16,17). The molecule has 1 aliphatic heterocycles. The predicted molar refractivity (Wildman–Crippen MR) is 75.9 cm³/mol. The number of carbonyl (C=O) groups excluding carboxylic acids is 1. The molecule has 0 aliphatic carbocycles. The van der Waals surface area contributed by atoms with Crippen LogP contribution in [0.25, 0.3) is 0 Å². The van der Waals surface area contributed by atoms with Gasteiger partial charge in [0.25, 0.3) is 5.91 Å². The topological polar surface area (TPSA) is 84.6 Å². The molecule has 104 valence electrons. The van der Waals surface area contributed by atoms with Crippen LogP contribution in [0.15, 0.2) is 22.7 Å². The maximum absolute atomic E-state index is 12.0. The largest absolute Gasteiger partial charge is 0.398 e. The molecule has 1 amide bonds. The van der Waals surface area contributed by atoms with E-state index in [4.69, 9.17) is 10.5 Å². The molecule has 1 fully saturated rings. The van der Waals surface area contributed by atoms with Gasteiger partial charge in [-0.25, -0.2) is 0 Å². The van der Waals surface area contributed by atoms with Crippen molar-refractivity contribution in [3.8, 4) is 0 Å². The van der Waals surface area contributed by atoms with Crippen molar-refractivity contribution in [2.45, 2.75) is 18.4 Å². The van der Waals surface area contributed by atoms with Crippen LogP contribution in [0, 0.1) is 0 Å². The highest BCUT2D eigenvalue weighted by molar-refractivity contribution is 9.10. The molecule has 19 heavy (non-hydrogen) atoms. The van der Waals surface area contributed by atoms with Gasteiger partial charge in [-0.15, -0.1) is 0 Å². The molecular formula is C13H17BrN2O3. The normalized spacial score (nSPS) is 18.0. The molecule has 1 aromatic carbocycles. The Morgan fingerprint density at radius 2 is 2.16 bits per heavy atom. The summed E-state index contributed by atoms with van der Waals surface area (Å²) in [5.74, 6) is -0.222. The molecule has 0 spiro atoms. The quantitative estimate of drug-likeness (QED) is 0.730. The van der Waals surface area contributed by atoms with Crippen LogP contribution >= 0.6 is 15.9 Å². The first-order valence-electron chi connectivity index (χ1n) is 6.13. The maximum Gasteiger partial charge on any atom is 0.251 e. The molecule has 1 aromatic rings. The van der Waals surface area contributed by atoms with E-state index >= 15 is 0 Å². The molecule has 4 N–H and O–H groups in total. The van der Waals surface area contributed by atoms with Crippen molar-refractivity contribution in [1.82, 2.24) is 5.32 Å². The number of nitrogen functional groups attached to an aromatic ring is 1. The van der Waals surface area contributed by atoms with Crippen LogP contribution in [0.5, 0.6) is 0 Å². The number of benzene rings is 1. The fourth-order valence-electron chi connectivity index (χ4n) is 1.94. The summed E-state index contributed by atoms with van der Waals surface area (Å²) in [5.41, 5.74) is 5.90. The van der Waals surface area contributed by atoms with Crippen LogP contribution in [0.4, 0.5) is 5.69 Å². The lowest BCUT2D eigenvalue weighted by molar-refractivity contribution is -0.0605. The number of anilines is 1. The highest BCUT2D eigenvalue weighted by Gasteiger charge is 2.30. The molecule has 0 saturated carbocycles. The summed E-state index contributed by atoms with van der Waals surface area (Å²) >= 11 is 3.28. The Kier molecular flexibility index (Phi) is 4.44. The Hall–Kier alpha value is -1.11. The highest BCUT2D eigenvalue weighted by atomic mass is 79.9. The third-order valence-electron chi connectivity index (χ3n) is 3.26. The first kappa shape index (κ1) is 14.3. The minimum absolute atomic E-state index is 0.222. The first-order valence-corrected chi connectivity index (χ1v) is 6.93. The Balaban J connectivity index is 1.95. The van der Waals surface area contributed by atoms with E-state index in [1.807, 2.05) is 0 Å². The number of nitrogens with two attached hydrogens (primary N) is 1. The molecule has 1 saturated heterocycles. The zero-order valence-corrected chi connectivity index (χ0v) is 12.1. The van der Waals surface area contributed by atoms with E-state index in [0.29, 0.717) is 41.8 Å². The van der Waals surface area contributed by atoms with E-state index in [1.54, 1.807) is 18.2 Å². The lowest BCUT2D eigenvalue weighted by Gasteiger charge is -2.32. The van der Waals surface area contributed by atoms with Crippen LogP contribution in [0.1, 0.15) is 23.2 Å². The van der Waals surface area contributed by atoms with Crippen molar-refractivity contribution in [3.63, 3.8) is 0 Å². The minimum atomic E-state index is -0.862. The summed E-state index contributed by atoms with van der Waals surface area (Å²) < 4.78 is 5.88. The summed E-state index contributed by atoms with van der Waals surface area (Å²) in [7, 11) is 0. The number of rotatable bonds is 3. The molecule has 2 rings (SSSR count). The molecule has 0 atom stereocenters. The van der Waals surface area contributed by atoms with Gasteiger partial charge in [-0.3, -0.25) is 4.79 Å². The summed E-state index contributed by atoms with van der Waals surface area (Å²) in [4.78, 5) is 12.0. The number of hydrogen-bond acceptors (Lipinski definition) is 4. The summed E-state index contributed by atoms with van der Waals surface area (Å²) in [6.45, 7) is 1.29. The molecule has 5 nitrogen and oxygen atoms in total. The van der Waals surface area contributed by atoms with Crippen LogP contribution in [0.3, 0.4) is 0 Å². The van der Waals surface area contributed by atoms with Gasteiger partial charge in [-0.1, -0.05) is 0 Å². The van der Waals surface area contributed by atoms with Crippen LogP contribution in [0.2, 0.25) is 0 Å². The lowest BCUT2D eigenvalue weighted by atomic mass is 9.94. The van der Waals surface area contributed by atoms with Gasteiger partial charge in [0.15, 0.2) is 0 Å². The predicted octanol–water partition coefficient (Wildman–Crippen LogP) is 1.30. The molecule has 0 unspecified atom stereocenters. The maximum atomic E-state index is 12.0. The average Bonchev–Trinajstić information content (AvgIpc) is 2.40. The van der Waals surface area contributed by atoms with Gasteiger partial charge in [-0.2, -0.15) is 0 Å². The molecule has 0 bridgehead atoms. The van der Waals surface area contributed by atoms with Gasteiger partial charge in [-0.05, 0) is 34.1 Å². The summed E-state index contributed by atoms with van der Waals surface area (Å²) in [6, 6.07) is 4.99. The average molecular weight is 329 g/mol. The second-order valence-electron chi connectivity index (χ2n) is 4.76. The molecule has 1 heterocycles. The fraction of sp³-hybridized carbons (Fsp3) is 0.462. The van der Waals surface area contributed by atoms with E-state index in [-0.39, 0.29) is 12.5 Å². The van der Waals surface area contributed by atoms with Crippen molar-refractivity contribution in [1.29, 1.82) is 0 Å². The highest BCUT2D eigenvalue weighted by Crippen LogP contribution is 2.21. The Labute approximate surface area is 120 Å². The van der Waals surface area contributed by atoms with Gasteiger partial charge in [0.1, 0.15) is 0 Å². The second-order valence-corrected chi connectivity index (χ2v) is 5.61. The first-order chi connectivity index (χ1) is 9.00.